The van der Waals surface area contributed by atoms with Gasteiger partial charge in [-0.2, -0.15) is 4.98 Å². The standard InChI is InChI=1S/C9H8ClN3O4/c1-17-7-4-5(10)11-9(13-7)12-6(14)2-3-8(15)16/h2-4H,1H3,(H,15,16)(H,11,12,13,14)/b3-2+. The summed E-state index contributed by atoms with van der Waals surface area (Å²) in [7, 11) is 1.38. The van der Waals surface area contributed by atoms with Gasteiger partial charge in [-0.1, -0.05) is 11.6 Å². The summed E-state index contributed by atoms with van der Waals surface area (Å²) < 4.78 is 4.82. The van der Waals surface area contributed by atoms with Crippen molar-refractivity contribution in [2.24, 2.45) is 0 Å². The first-order chi connectivity index (χ1) is 8.01. The summed E-state index contributed by atoms with van der Waals surface area (Å²) in [4.78, 5) is 28.9. The molecule has 0 radical (unpaired) electrons. The van der Waals surface area contributed by atoms with Crippen molar-refractivity contribution in [2.45, 2.75) is 0 Å². The maximum Gasteiger partial charge on any atom is 0.328 e. The Morgan fingerprint density at radius 2 is 2.18 bits per heavy atom. The molecule has 7 nitrogen and oxygen atoms in total. The van der Waals surface area contributed by atoms with Crippen molar-refractivity contribution >= 4 is 29.4 Å². The molecule has 0 spiro atoms. The van der Waals surface area contributed by atoms with Gasteiger partial charge in [0, 0.05) is 18.2 Å². The van der Waals surface area contributed by atoms with Crippen LogP contribution in [0.25, 0.3) is 0 Å². The second kappa shape index (κ2) is 5.80. The third kappa shape index (κ3) is 4.47. The number of carboxylic acids is 1. The predicted molar refractivity (Wildman–Crippen MR) is 59.0 cm³/mol. The molecule has 1 aromatic rings. The second-order valence-corrected chi connectivity index (χ2v) is 3.10. The molecule has 0 atom stereocenters. The average molecular weight is 258 g/mol. The Bertz CT molecular complexity index is 475. The zero-order valence-electron chi connectivity index (χ0n) is 8.68. The van der Waals surface area contributed by atoms with Gasteiger partial charge in [0.25, 0.3) is 5.91 Å². The lowest BCUT2D eigenvalue weighted by atomic mass is 10.5. The number of anilines is 1. The first kappa shape index (κ1) is 12.9. The van der Waals surface area contributed by atoms with Crippen LogP contribution in [0.1, 0.15) is 0 Å². The van der Waals surface area contributed by atoms with Gasteiger partial charge in [0.05, 0.1) is 7.11 Å². The van der Waals surface area contributed by atoms with E-state index in [0.29, 0.717) is 6.08 Å². The number of carbonyl (C=O) groups excluding carboxylic acids is 1. The average Bonchev–Trinajstić information content (AvgIpc) is 2.25. The van der Waals surface area contributed by atoms with Gasteiger partial charge in [0.2, 0.25) is 11.8 Å². The Morgan fingerprint density at radius 3 is 2.76 bits per heavy atom. The molecule has 0 aromatic carbocycles. The summed E-state index contributed by atoms with van der Waals surface area (Å²) in [5.41, 5.74) is 0. The minimum Gasteiger partial charge on any atom is -0.481 e. The molecule has 0 saturated heterocycles. The van der Waals surface area contributed by atoms with Crippen LogP contribution in [0.15, 0.2) is 18.2 Å². The van der Waals surface area contributed by atoms with Gasteiger partial charge in [-0.25, -0.2) is 9.78 Å². The molecule has 0 fully saturated rings. The van der Waals surface area contributed by atoms with Crippen LogP contribution in [0, 0.1) is 0 Å². The molecule has 0 unspecified atom stereocenters. The Kier molecular flexibility index (Phi) is 4.41. The van der Waals surface area contributed by atoms with Crippen molar-refractivity contribution < 1.29 is 19.4 Å². The number of carboxylic acid groups (broad SMARTS) is 1. The summed E-state index contributed by atoms with van der Waals surface area (Å²) in [6, 6.07) is 1.37. The molecule has 0 aliphatic rings. The fourth-order valence-corrected chi connectivity index (χ4v) is 1.03. The van der Waals surface area contributed by atoms with Crippen molar-refractivity contribution in [2.75, 3.05) is 12.4 Å². The number of nitrogens with one attached hydrogen (secondary N) is 1. The Hall–Kier alpha value is -2.15. The monoisotopic (exact) mass is 257 g/mol. The first-order valence-electron chi connectivity index (χ1n) is 4.32. The Labute approximate surface area is 101 Å². The van der Waals surface area contributed by atoms with Crippen molar-refractivity contribution in [1.82, 2.24) is 9.97 Å². The van der Waals surface area contributed by atoms with Gasteiger partial charge in [-0.15, -0.1) is 0 Å². The normalized spacial score (nSPS) is 10.2. The molecule has 1 amide bonds. The number of methoxy groups -OCH3 is 1. The van der Waals surface area contributed by atoms with E-state index in [2.05, 4.69) is 15.3 Å². The van der Waals surface area contributed by atoms with Crippen LogP contribution in [-0.4, -0.2) is 34.1 Å². The minimum atomic E-state index is -1.23. The zero-order chi connectivity index (χ0) is 12.8. The van der Waals surface area contributed by atoms with E-state index < -0.39 is 11.9 Å². The van der Waals surface area contributed by atoms with E-state index in [4.69, 9.17) is 21.4 Å². The van der Waals surface area contributed by atoms with Crippen LogP contribution in [0.4, 0.5) is 5.95 Å². The maximum atomic E-state index is 11.2. The van der Waals surface area contributed by atoms with E-state index in [0.717, 1.165) is 6.08 Å². The number of aromatic nitrogens is 2. The minimum absolute atomic E-state index is 0.0746. The van der Waals surface area contributed by atoms with Gasteiger partial charge < -0.3 is 9.84 Å². The van der Waals surface area contributed by atoms with E-state index in [9.17, 15) is 9.59 Å². The van der Waals surface area contributed by atoms with Crippen LogP contribution in [0.2, 0.25) is 5.15 Å². The van der Waals surface area contributed by atoms with Crippen LogP contribution in [0.3, 0.4) is 0 Å². The van der Waals surface area contributed by atoms with Crippen molar-refractivity contribution in [1.29, 1.82) is 0 Å². The highest BCUT2D eigenvalue weighted by Gasteiger charge is 2.05. The van der Waals surface area contributed by atoms with E-state index in [1.807, 2.05) is 0 Å². The van der Waals surface area contributed by atoms with Crippen LogP contribution >= 0.6 is 11.6 Å². The highest BCUT2D eigenvalue weighted by Crippen LogP contribution is 2.15. The molecular weight excluding hydrogens is 250 g/mol. The molecule has 0 aliphatic carbocycles. The predicted octanol–water partition coefficient (Wildman–Crippen LogP) is 0.718. The number of amides is 1. The number of ether oxygens (including phenoxy) is 1. The summed E-state index contributed by atoms with van der Waals surface area (Å²) >= 11 is 5.65. The van der Waals surface area contributed by atoms with Crippen LogP contribution in [-0.2, 0) is 9.59 Å². The molecular formula is C9H8ClN3O4. The molecule has 0 aliphatic heterocycles. The topological polar surface area (TPSA) is 101 Å². The fraction of sp³-hybridized carbons (Fsp3) is 0.111. The number of aliphatic carboxylic acids is 1. The number of halogens is 1. The summed E-state index contributed by atoms with van der Waals surface area (Å²) in [5.74, 6) is -1.81. The van der Waals surface area contributed by atoms with E-state index >= 15 is 0 Å². The van der Waals surface area contributed by atoms with Crippen molar-refractivity contribution in [3.8, 4) is 5.88 Å². The lowest BCUT2D eigenvalue weighted by Crippen LogP contribution is -2.12. The number of nitrogens with zero attached hydrogens (tertiary/aromatic N) is 2. The summed E-state index contributed by atoms with van der Waals surface area (Å²) in [6.45, 7) is 0. The molecule has 17 heavy (non-hydrogen) atoms. The third-order valence-corrected chi connectivity index (χ3v) is 1.69. The van der Waals surface area contributed by atoms with Crippen LogP contribution < -0.4 is 10.1 Å². The summed E-state index contributed by atoms with van der Waals surface area (Å²) in [6.07, 6.45) is 1.52. The molecule has 0 bridgehead atoms. The molecule has 1 rings (SSSR count). The number of rotatable bonds is 4. The molecule has 90 valence electrons. The smallest absolute Gasteiger partial charge is 0.328 e. The quantitative estimate of drug-likeness (QED) is 0.609. The fourth-order valence-electron chi connectivity index (χ4n) is 0.856. The highest BCUT2D eigenvalue weighted by atomic mass is 35.5. The van der Waals surface area contributed by atoms with Gasteiger partial charge >= 0.3 is 5.97 Å². The second-order valence-electron chi connectivity index (χ2n) is 2.72. The Balaban J connectivity index is 2.77. The molecule has 0 saturated carbocycles. The van der Waals surface area contributed by atoms with Crippen molar-refractivity contribution in [3.05, 3.63) is 23.4 Å². The Morgan fingerprint density at radius 1 is 1.47 bits per heavy atom. The lowest BCUT2D eigenvalue weighted by molar-refractivity contribution is -0.131. The largest absolute Gasteiger partial charge is 0.481 e. The third-order valence-electron chi connectivity index (χ3n) is 1.49. The number of carbonyl (C=O) groups is 2. The molecule has 8 heteroatoms. The van der Waals surface area contributed by atoms with E-state index in [1.54, 1.807) is 0 Å². The first-order valence-corrected chi connectivity index (χ1v) is 4.69. The van der Waals surface area contributed by atoms with Gasteiger partial charge in [0.1, 0.15) is 5.15 Å². The number of hydrogen-bond acceptors (Lipinski definition) is 5. The SMILES string of the molecule is COc1cc(Cl)nc(NC(=O)/C=C/C(=O)O)n1. The molecule has 1 heterocycles. The maximum absolute atomic E-state index is 11.2. The summed E-state index contributed by atoms with van der Waals surface area (Å²) in [5, 5.41) is 10.6. The van der Waals surface area contributed by atoms with Gasteiger partial charge in [-0.3, -0.25) is 10.1 Å². The highest BCUT2D eigenvalue weighted by molar-refractivity contribution is 6.29. The zero-order valence-corrected chi connectivity index (χ0v) is 9.43. The van der Waals surface area contributed by atoms with E-state index in [1.165, 1.54) is 13.2 Å². The van der Waals surface area contributed by atoms with Gasteiger partial charge in [0.15, 0.2) is 0 Å². The van der Waals surface area contributed by atoms with Crippen molar-refractivity contribution in [3.63, 3.8) is 0 Å². The van der Waals surface area contributed by atoms with Crippen LogP contribution in [0.5, 0.6) is 5.88 Å². The molecule has 1 aromatic heterocycles. The van der Waals surface area contributed by atoms with E-state index in [-0.39, 0.29) is 17.0 Å². The molecule has 2 N–H and O–H groups in total. The lowest BCUT2D eigenvalue weighted by Gasteiger charge is -2.03. The van der Waals surface area contributed by atoms with Gasteiger partial charge in [-0.05, 0) is 0 Å². The number of hydrogen-bond donors (Lipinski definition) is 2.